The standard InChI is InChI=1S/C16H23NO3/c1-11(2)9-13-7-5-6-8-14(13)12(3)16(19)17-10-15(18)20-4/h5-8,11-12H,9-10H2,1-4H3,(H,17,19)/t12-/m1/s1. The van der Waals surface area contributed by atoms with Gasteiger partial charge in [0.2, 0.25) is 5.91 Å². The molecule has 0 aliphatic heterocycles. The summed E-state index contributed by atoms with van der Waals surface area (Å²) in [5.74, 6) is -0.358. The molecule has 0 aromatic heterocycles. The van der Waals surface area contributed by atoms with E-state index in [1.165, 1.54) is 12.7 Å². The summed E-state index contributed by atoms with van der Waals surface area (Å²) in [7, 11) is 1.30. The molecule has 0 fully saturated rings. The number of amides is 1. The van der Waals surface area contributed by atoms with Crippen LogP contribution < -0.4 is 5.32 Å². The van der Waals surface area contributed by atoms with E-state index in [2.05, 4.69) is 30.0 Å². The predicted molar refractivity (Wildman–Crippen MR) is 78.4 cm³/mol. The first kappa shape index (κ1) is 16.2. The second-order valence-corrected chi connectivity index (χ2v) is 5.31. The van der Waals surface area contributed by atoms with E-state index in [4.69, 9.17) is 0 Å². The molecule has 4 heteroatoms. The normalized spacial score (nSPS) is 12.1. The van der Waals surface area contributed by atoms with Gasteiger partial charge in [0.15, 0.2) is 0 Å². The number of benzene rings is 1. The summed E-state index contributed by atoms with van der Waals surface area (Å²) < 4.78 is 4.51. The minimum Gasteiger partial charge on any atom is -0.468 e. The van der Waals surface area contributed by atoms with Crippen LogP contribution in [0, 0.1) is 5.92 Å². The van der Waals surface area contributed by atoms with Crippen molar-refractivity contribution in [2.24, 2.45) is 5.92 Å². The highest BCUT2D eigenvalue weighted by atomic mass is 16.5. The molecule has 110 valence electrons. The molecular weight excluding hydrogens is 254 g/mol. The van der Waals surface area contributed by atoms with Crippen molar-refractivity contribution in [3.8, 4) is 0 Å². The summed E-state index contributed by atoms with van der Waals surface area (Å²) in [6.07, 6.45) is 0.935. The Hall–Kier alpha value is -1.84. The third-order valence-electron chi connectivity index (χ3n) is 3.18. The minimum atomic E-state index is -0.444. The summed E-state index contributed by atoms with van der Waals surface area (Å²) in [6.45, 7) is 6.06. The number of nitrogens with one attached hydrogen (secondary N) is 1. The van der Waals surface area contributed by atoms with Crippen LogP contribution in [0.1, 0.15) is 37.8 Å². The van der Waals surface area contributed by atoms with E-state index < -0.39 is 5.97 Å². The van der Waals surface area contributed by atoms with Gasteiger partial charge in [-0.25, -0.2) is 0 Å². The first-order valence-electron chi connectivity index (χ1n) is 6.88. The highest BCUT2D eigenvalue weighted by molar-refractivity contribution is 5.86. The number of ether oxygens (including phenoxy) is 1. The van der Waals surface area contributed by atoms with E-state index in [0.29, 0.717) is 5.92 Å². The Morgan fingerprint density at radius 3 is 2.45 bits per heavy atom. The molecule has 1 N–H and O–H groups in total. The molecule has 0 heterocycles. The molecule has 0 bridgehead atoms. The topological polar surface area (TPSA) is 55.4 Å². The van der Waals surface area contributed by atoms with Crippen molar-refractivity contribution < 1.29 is 14.3 Å². The number of methoxy groups -OCH3 is 1. The number of hydrogen-bond donors (Lipinski definition) is 1. The van der Waals surface area contributed by atoms with E-state index >= 15 is 0 Å². The molecule has 1 rings (SSSR count). The molecule has 4 nitrogen and oxygen atoms in total. The summed E-state index contributed by atoms with van der Waals surface area (Å²) in [6, 6.07) is 7.95. The first-order valence-corrected chi connectivity index (χ1v) is 6.88. The number of carbonyl (C=O) groups is 2. The number of carbonyl (C=O) groups excluding carboxylic acids is 2. The zero-order valence-corrected chi connectivity index (χ0v) is 12.6. The Morgan fingerprint density at radius 2 is 1.85 bits per heavy atom. The zero-order chi connectivity index (χ0) is 15.1. The van der Waals surface area contributed by atoms with E-state index in [0.717, 1.165) is 12.0 Å². The maximum atomic E-state index is 12.1. The molecule has 0 aliphatic rings. The lowest BCUT2D eigenvalue weighted by Gasteiger charge is -2.17. The van der Waals surface area contributed by atoms with Gasteiger partial charge in [-0.15, -0.1) is 0 Å². The maximum absolute atomic E-state index is 12.1. The highest BCUT2D eigenvalue weighted by Gasteiger charge is 2.19. The van der Waals surface area contributed by atoms with Crippen molar-refractivity contribution in [1.82, 2.24) is 5.32 Å². The van der Waals surface area contributed by atoms with Gasteiger partial charge in [-0.1, -0.05) is 38.1 Å². The monoisotopic (exact) mass is 277 g/mol. The highest BCUT2D eigenvalue weighted by Crippen LogP contribution is 2.22. The maximum Gasteiger partial charge on any atom is 0.325 e. The summed E-state index contributed by atoms with van der Waals surface area (Å²) >= 11 is 0. The molecule has 0 saturated heterocycles. The fraction of sp³-hybridized carbons (Fsp3) is 0.500. The summed E-state index contributed by atoms with van der Waals surface area (Å²) in [5, 5.41) is 2.60. The van der Waals surface area contributed by atoms with Crippen molar-refractivity contribution in [2.45, 2.75) is 33.1 Å². The van der Waals surface area contributed by atoms with Gasteiger partial charge >= 0.3 is 5.97 Å². The fourth-order valence-corrected chi connectivity index (χ4v) is 2.11. The van der Waals surface area contributed by atoms with Crippen LogP contribution >= 0.6 is 0 Å². The SMILES string of the molecule is COC(=O)CNC(=O)[C@H](C)c1ccccc1CC(C)C. The van der Waals surface area contributed by atoms with Crippen LogP contribution in [0.4, 0.5) is 0 Å². The second kappa shape index (κ2) is 7.68. The van der Waals surface area contributed by atoms with Crippen LogP contribution in [-0.2, 0) is 20.7 Å². The van der Waals surface area contributed by atoms with Gasteiger partial charge in [0.25, 0.3) is 0 Å². The molecular formula is C16H23NO3. The van der Waals surface area contributed by atoms with E-state index in [-0.39, 0.29) is 18.4 Å². The van der Waals surface area contributed by atoms with E-state index in [1.54, 1.807) is 0 Å². The van der Waals surface area contributed by atoms with Crippen molar-refractivity contribution in [1.29, 1.82) is 0 Å². The molecule has 0 radical (unpaired) electrons. The van der Waals surface area contributed by atoms with Crippen LogP contribution in [0.5, 0.6) is 0 Å². The van der Waals surface area contributed by atoms with Gasteiger partial charge in [-0.05, 0) is 30.4 Å². The van der Waals surface area contributed by atoms with Gasteiger partial charge in [0, 0.05) is 0 Å². The van der Waals surface area contributed by atoms with Crippen LogP contribution in [-0.4, -0.2) is 25.5 Å². The van der Waals surface area contributed by atoms with E-state index in [9.17, 15) is 9.59 Å². The second-order valence-electron chi connectivity index (χ2n) is 5.31. The lowest BCUT2D eigenvalue weighted by Crippen LogP contribution is -2.33. The molecule has 20 heavy (non-hydrogen) atoms. The van der Waals surface area contributed by atoms with Gasteiger partial charge in [0.1, 0.15) is 6.54 Å². The third kappa shape index (κ3) is 4.68. The smallest absolute Gasteiger partial charge is 0.325 e. The van der Waals surface area contributed by atoms with Crippen LogP contribution in [0.3, 0.4) is 0 Å². The third-order valence-corrected chi connectivity index (χ3v) is 3.18. The Bertz CT molecular complexity index is 469. The lowest BCUT2D eigenvalue weighted by atomic mass is 9.90. The molecule has 0 aliphatic carbocycles. The first-order chi connectivity index (χ1) is 9.45. The van der Waals surface area contributed by atoms with Gasteiger partial charge < -0.3 is 10.1 Å². The number of hydrogen-bond acceptors (Lipinski definition) is 3. The quantitative estimate of drug-likeness (QED) is 0.812. The Kier molecular flexibility index (Phi) is 6.22. The summed E-state index contributed by atoms with van der Waals surface area (Å²) in [4.78, 5) is 23.1. The van der Waals surface area contributed by atoms with Gasteiger partial charge in [-0.2, -0.15) is 0 Å². The van der Waals surface area contributed by atoms with Crippen molar-refractivity contribution in [3.63, 3.8) is 0 Å². The predicted octanol–water partition coefficient (Wildman–Crippen LogP) is 2.28. The molecule has 0 unspecified atom stereocenters. The molecule has 1 aromatic carbocycles. The average molecular weight is 277 g/mol. The molecule has 1 amide bonds. The molecule has 0 spiro atoms. The van der Waals surface area contributed by atoms with E-state index in [1.807, 2.05) is 25.1 Å². The van der Waals surface area contributed by atoms with Crippen molar-refractivity contribution in [3.05, 3.63) is 35.4 Å². The van der Waals surface area contributed by atoms with Gasteiger partial charge in [0.05, 0.1) is 13.0 Å². The molecule has 1 atom stereocenters. The van der Waals surface area contributed by atoms with Crippen molar-refractivity contribution in [2.75, 3.05) is 13.7 Å². The Balaban J connectivity index is 2.78. The van der Waals surface area contributed by atoms with Crippen LogP contribution in [0.2, 0.25) is 0 Å². The fourth-order valence-electron chi connectivity index (χ4n) is 2.11. The Morgan fingerprint density at radius 1 is 1.20 bits per heavy atom. The van der Waals surface area contributed by atoms with Crippen molar-refractivity contribution >= 4 is 11.9 Å². The minimum absolute atomic E-state index is 0.0912. The number of rotatable bonds is 6. The molecule has 0 saturated carbocycles. The summed E-state index contributed by atoms with van der Waals surface area (Å²) in [5.41, 5.74) is 2.20. The van der Waals surface area contributed by atoms with Gasteiger partial charge in [-0.3, -0.25) is 9.59 Å². The lowest BCUT2D eigenvalue weighted by molar-refractivity contribution is -0.141. The Labute approximate surface area is 120 Å². The zero-order valence-electron chi connectivity index (χ0n) is 12.6. The average Bonchev–Trinajstić information content (AvgIpc) is 2.43. The molecule has 1 aromatic rings. The largest absolute Gasteiger partial charge is 0.468 e. The van der Waals surface area contributed by atoms with Crippen LogP contribution in [0.15, 0.2) is 24.3 Å². The number of esters is 1. The van der Waals surface area contributed by atoms with Crippen LogP contribution in [0.25, 0.3) is 0 Å².